The maximum Gasteiger partial charge on any atom is 0.260 e. The summed E-state index contributed by atoms with van der Waals surface area (Å²) in [5.74, 6) is 1.24. The molecule has 172 valence electrons. The highest BCUT2D eigenvalue weighted by molar-refractivity contribution is 6.30. The summed E-state index contributed by atoms with van der Waals surface area (Å²) in [5, 5.41) is 9.04. The van der Waals surface area contributed by atoms with Gasteiger partial charge in [-0.1, -0.05) is 48.0 Å². The second-order valence-electron chi connectivity index (χ2n) is 7.91. The van der Waals surface area contributed by atoms with Gasteiger partial charge < -0.3 is 19.0 Å². The summed E-state index contributed by atoms with van der Waals surface area (Å²) < 4.78 is 11.8. The lowest BCUT2D eigenvalue weighted by Crippen LogP contribution is -2.50. The lowest BCUT2D eigenvalue weighted by Gasteiger charge is -2.36. The number of rotatable bonds is 6. The minimum Gasteiger partial charge on any atom is -0.483 e. The molecule has 0 N–H and O–H groups in total. The molecular formula is C26H23ClN4O3. The first kappa shape index (κ1) is 22.0. The smallest absolute Gasteiger partial charge is 0.260 e. The van der Waals surface area contributed by atoms with Crippen molar-refractivity contribution < 1.29 is 13.9 Å². The highest BCUT2D eigenvalue weighted by Gasteiger charge is 2.22. The van der Waals surface area contributed by atoms with Crippen LogP contribution in [0, 0.1) is 0 Å². The van der Waals surface area contributed by atoms with Gasteiger partial charge in [-0.15, -0.1) is 10.2 Å². The molecule has 3 aromatic carbocycles. The molecule has 1 aliphatic heterocycles. The number of halogens is 1. The lowest BCUT2D eigenvalue weighted by molar-refractivity contribution is -0.133. The third kappa shape index (κ3) is 4.89. The molecule has 1 fully saturated rings. The third-order valence-electron chi connectivity index (χ3n) is 5.72. The highest BCUT2D eigenvalue weighted by Crippen LogP contribution is 2.31. The Balaban J connectivity index is 1.21. The van der Waals surface area contributed by atoms with Crippen molar-refractivity contribution in [2.45, 2.75) is 0 Å². The van der Waals surface area contributed by atoms with Crippen molar-refractivity contribution in [3.05, 3.63) is 83.9 Å². The van der Waals surface area contributed by atoms with Crippen LogP contribution in [0.5, 0.6) is 5.75 Å². The summed E-state index contributed by atoms with van der Waals surface area (Å²) in [7, 11) is 0. The first-order valence-corrected chi connectivity index (χ1v) is 11.4. The van der Waals surface area contributed by atoms with Crippen molar-refractivity contribution in [2.24, 2.45) is 0 Å². The zero-order chi connectivity index (χ0) is 23.3. The van der Waals surface area contributed by atoms with Crippen molar-refractivity contribution in [2.75, 3.05) is 37.7 Å². The van der Waals surface area contributed by atoms with Crippen molar-refractivity contribution in [3.8, 4) is 28.7 Å². The van der Waals surface area contributed by atoms with E-state index in [1.54, 1.807) is 6.07 Å². The van der Waals surface area contributed by atoms with Crippen LogP contribution >= 0.6 is 11.6 Å². The van der Waals surface area contributed by atoms with E-state index < -0.39 is 0 Å². The second kappa shape index (κ2) is 9.97. The van der Waals surface area contributed by atoms with Gasteiger partial charge in [0.05, 0.1) is 5.56 Å². The molecule has 0 bridgehead atoms. The number of carbonyl (C=O) groups is 1. The molecule has 8 heteroatoms. The standard InChI is InChI=1S/C26H23ClN4O3/c27-20-9-6-10-21(17-20)30-13-15-31(16-14-30)24(32)18-33-23-12-5-4-11-22(23)26-29-28-25(34-26)19-7-2-1-3-8-19/h1-12,17H,13-16,18H2. The zero-order valence-electron chi connectivity index (χ0n) is 18.4. The second-order valence-corrected chi connectivity index (χ2v) is 8.35. The van der Waals surface area contributed by atoms with E-state index in [4.69, 9.17) is 20.8 Å². The largest absolute Gasteiger partial charge is 0.483 e. The topological polar surface area (TPSA) is 71.7 Å². The normalized spacial score (nSPS) is 13.7. The van der Waals surface area contributed by atoms with Crippen LogP contribution in [0.3, 0.4) is 0 Å². The molecule has 5 rings (SSSR count). The minimum atomic E-state index is -0.0616. The van der Waals surface area contributed by atoms with E-state index in [1.807, 2.05) is 77.7 Å². The van der Waals surface area contributed by atoms with Crippen LogP contribution in [0.1, 0.15) is 0 Å². The van der Waals surface area contributed by atoms with E-state index in [0.29, 0.717) is 41.2 Å². The van der Waals surface area contributed by atoms with E-state index in [0.717, 1.165) is 24.3 Å². The lowest BCUT2D eigenvalue weighted by atomic mass is 10.2. The van der Waals surface area contributed by atoms with E-state index >= 15 is 0 Å². The number of anilines is 1. The van der Waals surface area contributed by atoms with Gasteiger partial charge in [-0.3, -0.25) is 4.79 Å². The number of ether oxygens (including phenoxy) is 1. The first-order valence-electron chi connectivity index (χ1n) is 11.1. The van der Waals surface area contributed by atoms with E-state index in [-0.39, 0.29) is 12.5 Å². The zero-order valence-corrected chi connectivity index (χ0v) is 19.2. The maximum absolute atomic E-state index is 12.8. The molecule has 0 aliphatic carbocycles. The van der Waals surface area contributed by atoms with Crippen LogP contribution < -0.4 is 9.64 Å². The van der Waals surface area contributed by atoms with Gasteiger partial charge in [-0.25, -0.2) is 0 Å². The Hall–Kier alpha value is -3.84. The number of piperazine rings is 1. The summed E-state index contributed by atoms with van der Waals surface area (Å²) in [6.45, 7) is 2.68. The fourth-order valence-electron chi connectivity index (χ4n) is 3.92. The number of benzene rings is 3. The predicted octanol–water partition coefficient (Wildman–Crippen LogP) is 4.78. The SMILES string of the molecule is O=C(COc1ccccc1-c1nnc(-c2ccccc2)o1)N1CCN(c2cccc(Cl)c2)CC1. The van der Waals surface area contributed by atoms with Crippen LogP contribution in [-0.2, 0) is 4.79 Å². The molecule has 34 heavy (non-hydrogen) atoms. The third-order valence-corrected chi connectivity index (χ3v) is 5.96. The fourth-order valence-corrected chi connectivity index (χ4v) is 4.10. The Bertz CT molecular complexity index is 1270. The van der Waals surface area contributed by atoms with Crippen LogP contribution in [0.4, 0.5) is 5.69 Å². The van der Waals surface area contributed by atoms with Gasteiger partial charge in [-0.2, -0.15) is 0 Å². The van der Waals surface area contributed by atoms with Gasteiger partial charge in [0, 0.05) is 42.5 Å². The number of para-hydroxylation sites is 1. The molecule has 1 aromatic heterocycles. The van der Waals surface area contributed by atoms with Gasteiger partial charge in [0.1, 0.15) is 5.75 Å². The van der Waals surface area contributed by atoms with Gasteiger partial charge in [-0.05, 0) is 42.5 Å². The first-order chi connectivity index (χ1) is 16.7. The quantitative estimate of drug-likeness (QED) is 0.400. The number of nitrogens with zero attached hydrogens (tertiary/aromatic N) is 4. The summed E-state index contributed by atoms with van der Waals surface area (Å²) in [6.07, 6.45) is 0. The molecule has 0 unspecified atom stereocenters. The van der Waals surface area contributed by atoms with Crippen LogP contribution in [0.15, 0.2) is 83.3 Å². The Labute approximate surface area is 202 Å². The molecule has 1 saturated heterocycles. The van der Waals surface area contributed by atoms with Crippen molar-refractivity contribution >= 4 is 23.2 Å². The van der Waals surface area contributed by atoms with E-state index in [9.17, 15) is 4.79 Å². The number of hydrogen-bond acceptors (Lipinski definition) is 6. The summed E-state index contributed by atoms with van der Waals surface area (Å²) in [4.78, 5) is 16.9. The van der Waals surface area contributed by atoms with E-state index in [2.05, 4.69) is 15.1 Å². The summed E-state index contributed by atoms with van der Waals surface area (Å²) in [5.41, 5.74) is 2.56. The number of aromatic nitrogens is 2. The van der Waals surface area contributed by atoms with Crippen LogP contribution in [0.2, 0.25) is 5.02 Å². The number of amides is 1. The molecule has 1 amide bonds. The molecule has 1 aliphatic rings. The molecule has 7 nitrogen and oxygen atoms in total. The molecular weight excluding hydrogens is 452 g/mol. The fraction of sp³-hybridized carbons (Fsp3) is 0.192. The van der Waals surface area contributed by atoms with Gasteiger partial charge >= 0.3 is 0 Å². The van der Waals surface area contributed by atoms with Crippen molar-refractivity contribution in [1.29, 1.82) is 0 Å². The Kier molecular flexibility index (Phi) is 6.44. The molecule has 0 atom stereocenters. The predicted molar refractivity (Wildman–Crippen MR) is 131 cm³/mol. The number of hydrogen-bond donors (Lipinski definition) is 0. The summed E-state index contributed by atoms with van der Waals surface area (Å²) in [6, 6.07) is 24.7. The van der Waals surface area contributed by atoms with Crippen LogP contribution in [-0.4, -0.2) is 53.8 Å². The van der Waals surface area contributed by atoms with Gasteiger partial charge in [0.25, 0.3) is 11.8 Å². The van der Waals surface area contributed by atoms with E-state index in [1.165, 1.54) is 0 Å². The van der Waals surface area contributed by atoms with Gasteiger partial charge in [0.2, 0.25) is 5.89 Å². The maximum atomic E-state index is 12.8. The average molecular weight is 475 g/mol. The van der Waals surface area contributed by atoms with Crippen molar-refractivity contribution in [1.82, 2.24) is 15.1 Å². The molecule has 4 aromatic rings. The molecule has 0 saturated carbocycles. The van der Waals surface area contributed by atoms with Crippen molar-refractivity contribution in [3.63, 3.8) is 0 Å². The Morgan fingerprint density at radius 3 is 2.41 bits per heavy atom. The Morgan fingerprint density at radius 1 is 0.882 bits per heavy atom. The molecule has 0 radical (unpaired) electrons. The molecule has 2 heterocycles. The molecule has 0 spiro atoms. The minimum absolute atomic E-state index is 0.0592. The highest BCUT2D eigenvalue weighted by atomic mass is 35.5. The average Bonchev–Trinajstić information content (AvgIpc) is 3.38. The summed E-state index contributed by atoms with van der Waals surface area (Å²) >= 11 is 6.11. The van der Waals surface area contributed by atoms with Crippen LogP contribution in [0.25, 0.3) is 22.9 Å². The monoisotopic (exact) mass is 474 g/mol. The Morgan fingerprint density at radius 2 is 1.62 bits per heavy atom. The number of carbonyl (C=O) groups excluding carboxylic acids is 1. The van der Waals surface area contributed by atoms with Gasteiger partial charge in [0.15, 0.2) is 6.61 Å².